The Morgan fingerprint density at radius 1 is 1.00 bits per heavy atom. The van der Waals surface area contributed by atoms with Crippen molar-refractivity contribution in [2.75, 3.05) is 11.1 Å². The quantitative estimate of drug-likeness (QED) is 0.652. The molecule has 96 valence electrons. The fourth-order valence-electron chi connectivity index (χ4n) is 1.81. The number of amides is 1. The SMILES string of the molecule is CC(=O)Nc1cccc(C(=O)c2ccccc2)c1N. The molecule has 4 heteroatoms. The molecule has 0 aliphatic heterocycles. The fourth-order valence-corrected chi connectivity index (χ4v) is 1.81. The van der Waals surface area contributed by atoms with E-state index in [0.717, 1.165) is 0 Å². The van der Waals surface area contributed by atoms with Gasteiger partial charge in [0.05, 0.1) is 11.4 Å². The normalized spacial score (nSPS) is 9.95. The van der Waals surface area contributed by atoms with Crippen LogP contribution in [0.4, 0.5) is 11.4 Å². The summed E-state index contributed by atoms with van der Waals surface area (Å²) in [5.41, 5.74) is 7.62. The summed E-state index contributed by atoms with van der Waals surface area (Å²) >= 11 is 0. The molecule has 0 unspecified atom stereocenters. The van der Waals surface area contributed by atoms with Gasteiger partial charge in [0, 0.05) is 18.1 Å². The van der Waals surface area contributed by atoms with Gasteiger partial charge in [0.25, 0.3) is 0 Å². The van der Waals surface area contributed by atoms with E-state index in [0.29, 0.717) is 16.8 Å². The number of hydrogen-bond acceptors (Lipinski definition) is 3. The molecule has 0 spiro atoms. The maximum Gasteiger partial charge on any atom is 0.221 e. The van der Waals surface area contributed by atoms with Gasteiger partial charge in [0.15, 0.2) is 5.78 Å². The van der Waals surface area contributed by atoms with Crippen LogP contribution >= 0.6 is 0 Å². The van der Waals surface area contributed by atoms with Crippen LogP contribution in [-0.4, -0.2) is 11.7 Å². The summed E-state index contributed by atoms with van der Waals surface area (Å²) in [7, 11) is 0. The number of para-hydroxylation sites is 1. The number of nitrogens with one attached hydrogen (secondary N) is 1. The molecule has 0 radical (unpaired) electrons. The van der Waals surface area contributed by atoms with Crippen molar-refractivity contribution >= 4 is 23.1 Å². The molecule has 2 aromatic rings. The monoisotopic (exact) mass is 254 g/mol. The van der Waals surface area contributed by atoms with Crippen LogP contribution in [0.3, 0.4) is 0 Å². The van der Waals surface area contributed by atoms with Crippen molar-refractivity contribution in [1.82, 2.24) is 0 Å². The Bertz CT molecular complexity index is 621. The minimum Gasteiger partial charge on any atom is -0.396 e. The van der Waals surface area contributed by atoms with Crippen molar-refractivity contribution in [1.29, 1.82) is 0 Å². The molecule has 4 nitrogen and oxygen atoms in total. The van der Waals surface area contributed by atoms with Gasteiger partial charge >= 0.3 is 0 Å². The molecule has 2 aromatic carbocycles. The Morgan fingerprint density at radius 2 is 1.68 bits per heavy atom. The van der Waals surface area contributed by atoms with E-state index in [-0.39, 0.29) is 17.4 Å². The first-order valence-electron chi connectivity index (χ1n) is 5.85. The number of benzene rings is 2. The van der Waals surface area contributed by atoms with E-state index in [4.69, 9.17) is 5.73 Å². The van der Waals surface area contributed by atoms with Crippen LogP contribution < -0.4 is 11.1 Å². The van der Waals surface area contributed by atoms with Gasteiger partial charge in [0.2, 0.25) is 5.91 Å². The molecule has 19 heavy (non-hydrogen) atoms. The molecule has 0 heterocycles. The largest absolute Gasteiger partial charge is 0.396 e. The van der Waals surface area contributed by atoms with E-state index in [2.05, 4.69) is 5.32 Å². The second-order valence-corrected chi connectivity index (χ2v) is 4.14. The maximum atomic E-state index is 12.3. The second-order valence-electron chi connectivity index (χ2n) is 4.14. The highest BCUT2D eigenvalue weighted by atomic mass is 16.1. The van der Waals surface area contributed by atoms with E-state index in [9.17, 15) is 9.59 Å². The summed E-state index contributed by atoms with van der Waals surface area (Å²) < 4.78 is 0. The van der Waals surface area contributed by atoms with Crippen LogP contribution in [0.15, 0.2) is 48.5 Å². The Labute approximate surface area is 111 Å². The van der Waals surface area contributed by atoms with Gasteiger partial charge in [-0.25, -0.2) is 0 Å². The number of anilines is 2. The van der Waals surface area contributed by atoms with E-state index < -0.39 is 0 Å². The summed E-state index contributed by atoms with van der Waals surface area (Å²) in [5, 5.41) is 2.60. The average Bonchev–Trinajstić information content (AvgIpc) is 2.41. The summed E-state index contributed by atoms with van der Waals surface area (Å²) in [6.45, 7) is 1.39. The Kier molecular flexibility index (Phi) is 3.61. The van der Waals surface area contributed by atoms with Crippen LogP contribution in [0.5, 0.6) is 0 Å². The molecule has 0 saturated heterocycles. The topological polar surface area (TPSA) is 72.2 Å². The number of carbonyl (C=O) groups is 2. The Balaban J connectivity index is 2.41. The van der Waals surface area contributed by atoms with E-state index in [1.165, 1.54) is 6.92 Å². The zero-order valence-corrected chi connectivity index (χ0v) is 10.5. The van der Waals surface area contributed by atoms with Gasteiger partial charge in [-0.15, -0.1) is 0 Å². The first kappa shape index (κ1) is 12.8. The minimum absolute atomic E-state index is 0.162. The van der Waals surface area contributed by atoms with Crippen LogP contribution in [0, 0.1) is 0 Å². The third-order valence-electron chi connectivity index (χ3n) is 2.70. The lowest BCUT2D eigenvalue weighted by atomic mass is 10.0. The van der Waals surface area contributed by atoms with Crippen LogP contribution in [-0.2, 0) is 4.79 Å². The Morgan fingerprint density at radius 3 is 2.32 bits per heavy atom. The van der Waals surface area contributed by atoms with E-state index in [1.54, 1.807) is 42.5 Å². The number of nitrogen functional groups attached to an aromatic ring is 1. The van der Waals surface area contributed by atoms with Crippen LogP contribution in [0.25, 0.3) is 0 Å². The lowest BCUT2D eigenvalue weighted by Gasteiger charge is -2.10. The number of rotatable bonds is 3. The number of hydrogen-bond donors (Lipinski definition) is 2. The number of carbonyl (C=O) groups excluding carboxylic acids is 2. The van der Waals surface area contributed by atoms with Gasteiger partial charge in [-0.1, -0.05) is 36.4 Å². The molecular weight excluding hydrogens is 240 g/mol. The molecule has 0 atom stereocenters. The Hall–Kier alpha value is -2.62. The van der Waals surface area contributed by atoms with Crippen LogP contribution in [0.1, 0.15) is 22.8 Å². The van der Waals surface area contributed by atoms with Crippen molar-refractivity contribution in [2.45, 2.75) is 6.92 Å². The maximum absolute atomic E-state index is 12.3. The van der Waals surface area contributed by atoms with Crippen molar-refractivity contribution in [2.24, 2.45) is 0 Å². The molecule has 2 rings (SSSR count). The molecule has 0 saturated carbocycles. The summed E-state index contributed by atoms with van der Waals surface area (Å²) in [6, 6.07) is 13.9. The standard InChI is InChI=1S/C15H14N2O2/c1-10(18)17-13-9-5-8-12(14(13)16)15(19)11-6-3-2-4-7-11/h2-9H,16H2,1H3,(H,17,18). The average molecular weight is 254 g/mol. The third kappa shape index (κ3) is 2.80. The van der Waals surface area contributed by atoms with E-state index >= 15 is 0 Å². The van der Waals surface area contributed by atoms with Gasteiger partial charge in [0.1, 0.15) is 0 Å². The molecule has 0 fully saturated rings. The number of nitrogens with two attached hydrogens (primary N) is 1. The highest BCUT2D eigenvalue weighted by Crippen LogP contribution is 2.25. The number of ketones is 1. The summed E-state index contributed by atoms with van der Waals surface area (Å²) in [5.74, 6) is -0.388. The zero-order valence-electron chi connectivity index (χ0n) is 10.5. The van der Waals surface area contributed by atoms with Gasteiger partial charge < -0.3 is 11.1 Å². The van der Waals surface area contributed by atoms with Crippen molar-refractivity contribution in [3.05, 3.63) is 59.7 Å². The predicted octanol–water partition coefficient (Wildman–Crippen LogP) is 2.46. The van der Waals surface area contributed by atoms with Crippen molar-refractivity contribution < 1.29 is 9.59 Å². The molecule has 0 aromatic heterocycles. The second kappa shape index (κ2) is 5.35. The van der Waals surface area contributed by atoms with Crippen LogP contribution in [0.2, 0.25) is 0 Å². The lowest BCUT2D eigenvalue weighted by Crippen LogP contribution is -2.11. The molecular formula is C15H14N2O2. The lowest BCUT2D eigenvalue weighted by molar-refractivity contribution is -0.114. The zero-order chi connectivity index (χ0) is 13.8. The predicted molar refractivity (Wildman–Crippen MR) is 75.0 cm³/mol. The smallest absolute Gasteiger partial charge is 0.221 e. The highest BCUT2D eigenvalue weighted by Gasteiger charge is 2.14. The molecule has 0 aliphatic rings. The molecule has 0 aliphatic carbocycles. The molecule has 1 amide bonds. The van der Waals surface area contributed by atoms with Crippen molar-refractivity contribution in [3.63, 3.8) is 0 Å². The van der Waals surface area contributed by atoms with Gasteiger partial charge in [-0.3, -0.25) is 9.59 Å². The van der Waals surface area contributed by atoms with E-state index in [1.807, 2.05) is 6.07 Å². The van der Waals surface area contributed by atoms with Gasteiger partial charge in [-0.2, -0.15) is 0 Å². The van der Waals surface area contributed by atoms with Crippen molar-refractivity contribution in [3.8, 4) is 0 Å². The molecule has 0 bridgehead atoms. The third-order valence-corrected chi connectivity index (χ3v) is 2.70. The minimum atomic E-state index is -0.226. The fraction of sp³-hybridized carbons (Fsp3) is 0.0667. The summed E-state index contributed by atoms with van der Waals surface area (Å²) in [6.07, 6.45) is 0. The molecule has 3 N–H and O–H groups in total. The summed E-state index contributed by atoms with van der Waals surface area (Å²) in [4.78, 5) is 23.4. The highest BCUT2D eigenvalue weighted by molar-refractivity contribution is 6.14. The first-order chi connectivity index (χ1) is 9.09. The van der Waals surface area contributed by atoms with Gasteiger partial charge in [-0.05, 0) is 12.1 Å². The first-order valence-corrected chi connectivity index (χ1v) is 5.85.